The molecule has 2 rings (SSSR count). The number of nitrogens with zero attached hydrogens (tertiary/aromatic N) is 1. The molecule has 2 N–H and O–H groups in total. The smallest absolute Gasteiger partial charge is 0.229 e. The molecule has 110 valence electrons. The van der Waals surface area contributed by atoms with Crippen LogP contribution in [-0.2, 0) is 4.79 Å². The number of carbonyl (C=O) groups is 1. The first-order valence-corrected chi connectivity index (χ1v) is 7.24. The van der Waals surface area contributed by atoms with E-state index >= 15 is 0 Å². The van der Waals surface area contributed by atoms with Gasteiger partial charge in [-0.05, 0) is 26.0 Å². The molecule has 0 radical (unpaired) electrons. The number of hydrogen-bond donors (Lipinski definition) is 1. The van der Waals surface area contributed by atoms with Gasteiger partial charge in [0.05, 0.1) is 5.41 Å². The molecule has 1 aromatic carbocycles. The van der Waals surface area contributed by atoms with Gasteiger partial charge in [0, 0.05) is 32.5 Å². The molecule has 0 unspecified atom stereocenters. The van der Waals surface area contributed by atoms with Crippen molar-refractivity contribution < 1.29 is 9.53 Å². The molecule has 4 heteroatoms. The van der Waals surface area contributed by atoms with Crippen LogP contribution in [-0.4, -0.2) is 36.5 Å². The second-order valence-corrected chi connectivity index (χ2v) is 6.01. The molecule has 20 heavy (non-hydrogen) atoms. The number of rotatable bonds is 4. The van der Waals surface area contributed by atoms with Crippen molar-refractivity contribution >= 4 is 5.91 Å². The molecule has 0 atom stereocenters. The zero-order valence-electron chi connectivity index (χ0n) is 12.3. The molecule has 1 heterocycles. The van der Waals surface area contributed by atoms with Gasteiger partial charge in [-0.2, -0.15) is 0 Å². The van der Waals surface area contributed by atoms with Gasteiger partial charge in [-0.25, -0.2) is 0 Å². The summed E-state index contributed by atoms with van der Waals surface area (Å²) in [6.07, 6.45) is 1.95. The summed E-state index contributed by atoms with van der Waals surface area (Å²) in [5.74, 6) is 1.05. The largest absolute Gasteiger partial charge is 0.490 e. The normalized spacial score (nSPS) is 17.1. The lowest BCUT2D eigenvalue weighted by molar-refractivity contribution is -0.141. The molecule has 0 spiro atoms. The van der Waals surface area contributed by atoms with Crippen LogP contribution in [0.25, 0.3) is 0 Å². The Balaban J connectivity index is 1.85. The summed E-state index contributed by atoms with van der Waals surface area (Å²) in [4.78, 5) is 14.2. The lowest BCUT2D eigenvalue weighted by Gasteiger charge is -2.36. The Hall–Kier alpha value is -1.55. The third-order valence-electron chi connectivity index (χ3n) is 3.86. The number of piperidine rings is 1. The highest BCUT2D eigenvalue weighted by Gasteiger charge is 2.33. The standard InChI is InChI=1S/C16H24N2O2/c1-16(2,12-17)15(19)18-10-8-14(9-11-18)20-13-6-4-3-5-7-13/h3-7,14H,8-12,17H2,1-2H3. The van der Waals surface area contributed by atoms with Gasteiger partial charge in [-0.3, -0.25) is 4.79 Å². The van der Waals surface area contributed by atoms with Crippen LogP contribution in [0.5, 0.6) is 5.75 Å². The van der Waals surface area contributed by atoms with Gasteiger partial charge in [0.15, 0.2) is 0 Å². The maximum absolute atomic E-state index is 12.3. The number of benzene rings is 1. The molecule has 1 aliphatic heterocycles. The van der Waals surface area contributed by atoms with E-state index < -0.39 is 5.41 Å². The van der Waals surface area contributed by atoms with E-state index in [2.05, 4.69) is 0 Å². The number of hydrogen-bond acceptors (Lipinski definition) is 3. The summed E-state index contributed by atoms with van der Waals surface area (Å²) >= 11 is 0. The van der Waals surface area contributed by atoms with Crippen LogP contribution in [0.2, 0.25) is 0 Å². The molecular weight excluding hydrogens is 252 g/mol. The van der Waals surface area contributed by atoms with Gasteiger partial charge in [0.1, 0.15) is 11.9 Å². The molecule has 4 nitrogen and oxygen atoms in total. The number of amides is 1. The molecule has 1 aliphatic rings. The fraction of sp³-hybridized carbons (Fsp3) is 0.562. The van der Waals surface area contributed by atoms with Gasteiger partial charge in [0.25, 0.3) is 0 Å². The van der Waals surface area contributed by atoms with Gasteiger partial charge >= 0.3 is 0 Å². The average Bonchev–Trinajstić information content (AvgIpc) is 2.48. The molecule has 1 aromatic rings. The maximum Gasteiger partial charge on any atom is 0.229 e. The molecule has 0 bridgehead atoms. The van der Waals surface area contributed by atoms with Crippen LogP contribution in [0.4, 0.5) is 0 Å². The van der Waals surface area contributed by atoms with Gasteiger partial charge < -0.3 is 15.4 Å². The first-order chi connectivity index (χ1) is 9.53. The van der Waals surface area contributed by atoms with Crippen LogP contribution in [0, 0.1) is 5.41 Å². The second-order valence-electron chi connectivity index (χ2n) is 6.01. The minimum Gasteiger partial charge on any atom is -0.490 e. The predicted octanol–water partition coefficient (Wildman–Crippen LogP) is 2.04. The van der Waals surface area contributed by atoms with E-state index in [4.69, 9.17) is 10.5 Å². The van der Waals surface area contributed by atoms with E-state index in [-0.39, 0.29) is 12.0 Å². The highest BCUT2D eigenvalue weighted by molar-refractivity contribution is 5.82. The first kappa shape index (κ1) is 14.9. The minimum absolute atomic E-state index is 0.151. The summed E-state index contributed by atoms with van der Waals surface area (Å²) in [5.41, 5.74) is 5.21. The number of ether oxygens (including phenoxy) is 1. The maximum atomic E-state index is 12.3. The molecule has 0 aromatic heterocycles. The molecule has 1 amide bonds. The first-order valence-electron chi connectivity index (χ1n) is 7.24. The van der Waals surface area contributed by atoms with Crippen molar-refractivity contribution in [3.8, 4) is 5.75 Å². The SMILES string of the molecule is CC(C)(CN)C(=O)N1CCC(Oc2ccccc2)CC1. The Morgan fingerprint density at radius 2 is 1.90 bits per heavy atom. The highest BCUT2D eigenvalue weighted by atomic mass is 16.5. The van der Waals surface area contributed by atoms with Crippen molar-refractivity contribution in [2.45, 2.75) is 32.8 Å². The molecule has 1 fully saturated rings. The van der Waals surface area contributed by atoms with Crippen LogP contribution >= 0.6 is 0 Å². The topological polar surface area (TPSA) is 55.6 Å². The molecule has 1 saturated heterocycles. The molecular formula is C16H24N2O2. The van der Waals surface area contributed by atoms with Gasteiger partial charge in [-0.1, -0.05) is 18.2 Å². The quantitative estimate of drug-likeness (QED) is 0.915. The number of para-hydroxylation sites is 1. The molecule has 0 aliphatic carbocycles. The lowest BCUT2D eigenvalue weighted by Crippen LogP contribution is -2.49. The lowest BCUT2D eigenvalue weighted by atomic mass is 9.90. The average molecular weight is 276 g/mol. The summed E-state index contributed by atoms with van der Waals surface area (Å²) in [5, 5.41) is 0. The fourth-order valence-electron chi connectivity index (χ4n) is 2.38. The van der Waals surface area contributed by atoms with Crippen molar-refractivity contribution in [1.82, 2.24) is 4.90 Å². The van der Waals surface area contributed by atoms with Crippen LogP contribution in [0.15, 0.2) is 30.3 Å². The Labute approximate surface area is 120 Å². The third kappa shape index (κ3) is 3.51. The Morgan fingerprint density at radius 3 is 2.45 bits per heavy atom. The fourth-order valence-corrected chi connectivity index (χ4v) is 2.38. The number of likely N-dealkylation sites (tertiary alicyclic amines) is 1. The van der Waals surface area contributed by atoms with Crippen molar-refractivity contribution in [3.05, 3.63) is 30.3 Å². The minimum atomic E-state index is -0.465. The predicted molar refractivity (Wildman–Crippen MR) is 79.5 cm³/mol. The van der Waals surface area contributed by atoms with Crippen LogP contribution in [0.1, 0.15) is 26.7 Å². The van der Waals surface area contributed by atoms with E-state index in [0.717, 1.165) is 31.7 Å². The zero-order chi connectivity index (χ0) is 14.6. The Morgan fingerprint density at radius 1 is 1.30 bits per heavy atom. The van der Waals surface area contributed by atoms with E-state index in [1.807, 2.05) is 49.1 Å². The summed E-state index contributed by atoms with van der Waals surface area (Å²) in [6, 6.07) is 9.85. The Kier molecular flexibility index (Phi) is 4.65. The van der Waals surface area contributed by atoms with Crippen molar-refractivity contribution in [2.75, 3.05) is 19.6 Å². The highest BCUT2D eigenvalue weighted by Crippen LogP contribution is 2.23. The van der Waals surface area contributed by atoms with Crippen molar-refractivity contribution in [1.29, 1.82) is 0 Å². The zero-order valence-corrected chi connectivity index (χ0v) is 12.3. The third-order valence-corrected chi connectivity index (χ3v) is 3.86. The van der Waals surface area contributed by atoms with E-state index in [1.165, 1.54) is 0 Å². The van der Waals surface area contributed by atoms with Crippen LogP contribution < -0.4 is 10.5 Å². The van der Waals surface area contributed by atoms with E-state index in [0.29, 0.717) is 6.54 Å². The summed E-state index contributed by atoms with van der Waals surface area (Å²) in [7, 11) is 0. The number of nitrogens with two attached hydrogens (primary N) is 1. The Bertz CT molecular complexity index is 437. The summed E-state index contributed by atoms with van der Waals surface area (Å²) < 4.78 is 5.93. The number of carbonyl (C=O) groups excluding carboxylic acids is 1. The summed E-state index contributed by atoms with van der Waals surface area (Å²) in [6.45, 7) is 5.69. The molecule has 0 saturated carbocycles. The van der Waals surface area contributed by atoms with Crippen molar-refractivity contribution in [2.24, 2.45) is 11.1 Å². The van der Waals surface area contributed by atoms with E-state index in [9.17, 15) is 4.79 Å². The van der Waals surface area contributed by atoms with Gasteiger partial charge in [-0.15, -0.1) is 0 Å². The van der Waals surface area contributed by atoms with Crippen LogP contribution in [0.3, 0.4) is 0 Å². The van der Waals surface area contributed by atoms with Gasteiger partial charge in [0.2, 0.25) is 5.91 Å². The van der Waals surface area contributed by atoms with Crippen molar-refractivity contribution in [3.63, 3.8) is 0 Å². The second kappa shape index (κ2) is 6.27. The van der Waals surface area contributed by atoms with E-state index in [1.54, 1.807) is 0 Å². The monoisotopic (exact) mass is 276 g/mol.